The van der Waals surface area contributed by atoms with Gasteiger partial charge in [0.1, 0.15) is 0 Å². The summed E-state index contributed by atoms with van der Waals surface area (Å²) in [5.41, 5.74) is 5.48. The van der Waals surface area contributed by atoms with Crippen molar-refractivity contribution in [2.75, 3.05) is 19.3 Å². The molecular weight excluding hydrogens is 278 g/mol. The fourth-order valence-corrected chi connectivity index (χ4v) is 3.94. The average molecular weight is 303 g/mol. The van der Waals surface area contributed by atoms with Crippen molar-refractivity contribution in [3.8, 4) is 0 Å². The summed E-state index contributed by atoms with van der Waals surface area (Å²) in [6.07, 6.45) is 7.22. The van der Waals surface area contributed by atoms with Crippen molar-refractivity contribution in [3.05, 3.63) is 0 Å². The maximum atomic E-state index is 12.3. The molecule has 116 valence electrons. The van der Waals surface area contributed by atoms with Crippen LogP contribution in [-0.4, -0.2) is 49.6 Å². The number of hydrogen-bond donors (Lipinski definition) is 2. The minimum Gasteiger partial charge on any atom is -0.352 e. The summed E-state index contributed by atoms with van der Waals surface area (Å²) in [4.78, 5) is 12.3. The quantitative estimate of drug-likeness (QED) is 0.778. The maximum Gasteiger partial charge on any atom is 0.240 e. The Morgan fingerprint density at radius 1 is 1.20 bits per heavy atom. The van der Waals surface area contributed by atoms with Crippen LogP contribution in [0, 0.1) is 0 Å². The second kappa shape index (κ2) is 5.99. The zero-order chi connectivity index (χ0) is 14.8. The summed E-state index contributed by atoms with van der Waals surface area (Å²) in [6.45, 7) is 0.947. The van der Waals surface area contributed by atoms with Gasteiger partial charge >= 0.3 is 0 Å². The third kappa shape index (κ3) is 3.71. The summed E-state index contributed by atoms with van der Waals surface area (Å²) in [6, 6.07) is 0.0443. The molecule has 1 saturated heterocycles. The van der Waals surface area contributed by atoms with E-state index in [1.165, 1.54) is 10.6 Å². The van der Waals surface area contributed by atoms with Crippen LogP contribution in [0.1, 0.15) is 44.9 Å². The van der Waals surface area contributed by atoms with E-state index in [1.54, 1.807) is 0 Å². The molecule has 0 bridgehead atoms. The van der Waals surface area contributed by atoms with Crippen molar-refractivity contribution >= 4 is 15.9 Å². The summed E-state index contributed by atoms with van der Waals surface area (Å²) in [7, 11) is -3.11. The van der Waals surface area contributed by atoms with Gasteiger partial charge in [0.2, 0.25) is 15.9 Å². The molecule has 0 spiro atoms. The Labute approximate surface area is 121 Å². The smallest absolute Gasteiger partial charge is 0.240 e. The van der Waals surface area contributed by atoms with E-state index in [1.807, 2.05) is 0 Å². The Morgan fingerprint density at radius 2 is 1.75 bits per heavy atom. The Balaban J connectivity index is 1.85. The summed E-state index contributed by atoms with van der Waals surface area (Å²) >= 11 is 0. The van der Waals surface area contributed by atoms with Gasteiger partial charge in [-0.15, -0.1) is 0 Å². The first-order chi connectivity index (χ1) is 9.31. The van der Waals surface area contributed by atoms with Gasteiger partial charge in [0.25, 0.3) is 0 Å². The number of carbonyl (C=O) groups is 1. The van der Waals surface area contributed by atoms with Gasteiger partial charge in [-0.05, 0) is 25.7 Å². The fraction of sp³-hybridized carbons (Fsp3) is 0.923. The Hall–Kier alpha value is -0.660. The first-order valence-electron chi connectivity index (χ1n) is 7.36. The first kappa shape index (κ1) is 15.7. The molecule has 3 N–H and O–H groups in total. The molecule has 2 rings (SSSR count). The highest BCUT2D eigenvalue weighted by Crippen LogP contribution is 2.26. The normalized spacial score (nSPS) is 25.3. The van der Waals surface area contributed by atoms with E-state index in [9.17, 15) is 13.2 Å². The summed E-state index contributed by atoms with van der Waals surface area (Å²) < 4.78 is 24.3. The molecule has 1 saturated carbocycles. The third-order valence-electron chi connectivity index (χ3n) is 4.46. The van der Waals surface area contributed by atoms with E-state index in [0.29, 0.717) is 25.9 Å². The molecule has 0 aromatic carbocycles. The topological polar surface area (TPSA) is 92.5 Å². The molecular formula is C13H25N3O3S. The van der Waals surface area contributed by atoms with Crippen molar-refractivity contribution in [2.45, 2.75) is 56.5 Å². The van der Waals surface area contributed by atoms with E-state index in [-0.39, 0.29) is 11.9 Å². The Bertz CT molecular complexity index is 449. The molecule has 1 heterocycles. The van der Waals surface area contributed by atoms with E-state index in [4.69, 9.17) is 5.73 Å². The second-order valence-electron chi connectivity index (χ2n) is 6.13. The van der Waals surface area contributed by atoms with Gasteiger partial charge in [0.15, 0.2) is 0 Å². The van der Waals surface area contributed by atoms with Crippen molar-refractivity contribution < 1.29 is 13.2 Å². The number of rotatable bonds is 3. The molecule has 20 heavy (non-hydrogen) atoms. The van der Waals surface area contributed by atoms with Crippen LogP contribution < -0.4 is 11.1 Å². The van der Waals surface area contributed by atoms with Gasteiger partial charge in [0.05, 0.1) is 11.8 Å². The van der Waals surface area contributed by atoms with Crippen LogP contribution in [0.15, 0.2) is 0 Å². The number of piperidine rings is 1. The van der Waals surface area contributed by atoms with Crippen LogP contribution in [0.5, 0.6) is 0 Å². The lowest BCUT2D eigenvalue weighted by molar-refractivity contribution is -0.128. The van der Waals surface area contributed by atoms with Gasteiger partial charge in [-0.1, -0.05) is 19.3 Å². The van der Waals surface area contributed by atoms with E-state index < -0.39 is 15.6 Å². The number of amides is 1. The van der Waals surface area contributed by atoms with Crippen molar-refractivity contribution in [2.24, 2.45) is 5.73 Å². The summed E-state index contributed by atoms with van der Waals surface area (Å²) in [5, 5.41) is 3.02. The van der Waals surface area contributed by atoms with Gasteiger partial charge in [-0.3, -0.25) is 4.79 Å². The minimum absolute atomic E-state index is 0.0443. The zero-order valence-corrected chi connectivity index (χ0v) is 12.9. The van der Waals surface area contributed by atoms with E-state index >= 15 is 0 Å². The fourth-order valence-electron chi connectivity index (χ4n) is 3.07. The highest BCUT2D eigenvalue weighted by atomic mass is 32.2. The molecule has 0 atom stereocenters. The lowest BCUT2D eigenvalue weighted by atomic mass is 9.81. The van der Waals surface area contributed by atoms with E-state index in [2.05, 4.69) is 5.32 Å². The summed E-state index contributed by atoms with van der Waals surface area (Å²) in [5.74, 6) is -0.0602. The second-order valence-corrected chi connectivity index (χ2v) is 8.11. The average Bonchev–Trinajstić information content (AvgIpc) is 2.39. The molecule has 7 heteroatoms. The molecule has 0 aromatic rings. The highest BCUT2D eigenvalue weighted by Gasteiger charge is 2.37. The SMILES string of the molecule is CS(=O)(=O)N1CCC(NC(=O)C2(N)CCCCC2)CC1. The first-order valence-corrected chi connectivity index (χ1v) is 9.21. The number of carbonyl (C=O) groups excluding carboxylic acids is 1. The number of nitrogens with one attached hydrogen (secondary N) is 1. The number of sulfonamides is 1. The molecule has 0 unspecified atom stereocenters. The predicted octanol–water partition coefficient (Wildman–Crippen LogP) is 0.188. The monoisotopic (exact) mass is 303 g/mol. The van der Waals surface area contributed by atoms with E-state index in [0.717, 1.165) is 32.1 Å². The molecule has 2 aliphatic rings. The van der Waals surface area contributed by atoms with Crippen LogP contribution >= 0.6 is 0 Å². The molecule has 6 nitrogen and oxygen atoms in total. The van der Waals surface area contributed by atoms with Crippen molar-refractivity contribution in [1.29, 1.82) is 0 Å². The highest BCUT2D eigenvalue weighted by molar-refractivity contribution is 7.88. The Kier molecular flexibility index (Phi) is 4.71. The third-order valence-corrected chi connectivity index (χ3v) is 5.76. The van der Waals surface area contributed by atoms with Gasteiger partial charge in [-0.25, -0.2) is 12.7 Å². The predicted molar refractivity (Wildman–Crippen MR) is 77.6 cm³/mol. The molecule has 1 aliphatic carbocycles. The molecule has 1 aliphatic heterocycles. The van der Waals surface area contributed by atoms with Crippen LogP contribution in [0.25, 0.3) is 0 Å². The zero-order valence-electron chi connectivity index (χ0n) is 12.1. The molecule has 2 fully saturated rings. The minimum atomic E-state index is -3.11. The van der Waals surface area contributed by atoms with Crippen molar-refractivity contribution in [1.82, 2.24) is 9.62 Å². The largest absolute Gasteiger partial charge is 0.352 e. The molecule has 0 aromatic heterocycles. The van der Waals surface area contributed by atoms with Crippen LogP contribution in [0.2, 0.25) is 0 Å². The van der Waals surface area contributed by atoms with Crippen LogP contribution in [0.3, 0.4) is 0 Å². The van der Waals surface area contributed by atoms with Crippen LogP contribution in [-0.2, 0) is 14.8 Å². The van der Waals surface area contributed by atoms with Gasteiger partial charge < -0.3 is 11.1 Å². The van der Waals surface area contributed by atoms with Crippen LogP contribution in [0.4, 0.5) is 0 Å². The Morgan fingerprint density at radius 3 is 2.25 bits per heavy atom. The van der Waals surface area contributed by atoms with Gasteiger partial charge in [0, 0.05) is 19.1 Å². The number of nitrogens with zero attached hydrogens (tertiary/aromatic N) is 1. The molecule has 0 radical (unpaired) electrons. The number of nitrogens with two attached hydrogens (primary N) is 1. The maximum absolute atomic E-state index is 12.3. The van der Waals surface area contributed by atoms with Gasteiger partial charge in [-0.2, -0.15) is 0 Å². The lowest BCUT2D eigenvalue weighted by Crippen LogP contribution is -2.58. The standard InChI is InChI=1S/C13H25N3O3S/c1-20(18,19)16-9-5-11(6-10-16)15-12(17)13(14)7-3-2-4-8-13/h11H,2-10,14H2,1H3,(H,15,17). The number of hydrogen-bond acceptors (Lipinski definition) is 4. The lowest BCUT2D eigenvalue weighted by Gasteiger charge is -2.36. The molecule has 1 amide bonds. The van der Waals surface area contributed by atoms with Crippen molar-refractivity contribution in [3.63, 3.8) is 0 Å².